The summed E-state index contributed by atoms with van der Waals surface area (Å²) < 4.78 is 0. The molecule has 0 fully saturated rings. The third-order valence-electron chi connectivity index (χ3n) is 3.30. The van der Waals surface area contributed by atoms with Crippen molar-refractivity contribution in [1.82, 2.24) is 9.97 Å². The molecule has 0 bridgehead atoms. The Morgan fingerprint density at radius 2 is 1.15 bits per heavy atom. The van der Waals surface area contributed by atoms with Gasteiger partial charge >= 0.3 is 0 Å². The molecule has 0 aliphatic carbocycles. The Labute approximate surface area is 119 Å². The number of nitrogens with one attached hydrogen (secondary N) is 2. The molecule has 0 spiro atoms. The molecule has 1 aromatic heterocycles. The number of rotatable bonds is 8. The second kappa shape index (κ2) is 9.34. The molecule has 0 radical (unpaired) electrons. The molecule has 0 atom stereocenters. The first kappa shape index (κ1) is 16.5. The summed E-state index contributed by atoms with van der Waals surface area (Å²) in [5, 5.41) is 0.772. The fraction of sp³-hybridized carbons (Fsp3) is 0.625. The maximum absolute atomic E-state index is 11.9. The lowest BCUT2D eigenvalue weighted by molar-refractivity contribution is 0.738. The maximum Gasteiger partial charge on any atom is 0.271 e. The minimum absolute atomic E-state index is 0.206. The molecule has 2 N–H and O–H groups in total. The van der Waals surface area contributed by atoms with E-state index in [9.17, 15) is 9.59 Å². The molecule has 20 heavy (non-hydrogen) atoms. The number of unbranched alkanes of at least 4 members (excludes halogenated alkanes) is 6. The van der Waals surface area contributed by atoms with Crippen LogP contribution in [-0.4, -0.2) is 9.97 Å². The van der Waals surface area contributed by atoms with Crippen molar-refractivity contribution in [3.05, 3.63) is 31.4 Å². The quantitative estimate of drug-likeness (QED) is 0.712. The maximum atomic E-state index is 11.9. The number of aromatic nitrogens is 2. The van der Waals surface area contributed by atoms with Crippen molar-refractivity contribution >= 4 is 12.2 Å². The van der Waals surface area contributed by atoms with Crippen molar-refractivity contribution < 1.29 is 0 Å². The standard InChI is InChI=1S/C16H26N2O2/c1-3-5-7-9-11-13-15(19)18-14(16(20)17-13)12-10-8-6-4-2/h11-12H,3-10H2,1-2H3,(H,17,20)(H,18,19)/b13-11-,14-12-. The number of hydrogen-bond donors (Lipinski definition) is 2. The van der Waals surface area contributed by atoms with Gasteiger partial charge in [0, 0.05) is 0 Å². The molecular weight excluding hydrogens is 252 g/mol. The zero-order chi connectivity index (χ0) is 14.8. The van der Waals surface area contributed by atoms with Crippen molar-refractivity contribution in [3.8, 4) is 0 Å². The summed E-state index contributed by atoms with van der Waals surface area (Å²) in [6, 6.07) is 0. The summed E-state index contributed by atoms with van der Waals surface area (Å²) in [6.45, 7) is 4.27. The van der Waals surface area contributed by atoms with Crippen LogP contribution >= 0.6 is 0 Å². The van der Waals surface area contributed by atoms with Crippen LogP contribution in [0.15, 0.2) is 9.59 Å². The molecule has 1 heterocycles. The summed E-state index contributed by atoms with van der Waals surface area (Å²) >= 11 is 0. The van der Waals surface area contributed by atoms with E-state index in [0.717, 1.165) is 51.4 Å². The number of aromatic amines is 2. The highest BCUT2D eigenvalue weighted by atomic mass is 16.1. The predicted octanol–water partition coefficient (Wildman–Crippen LogP) is 1.78. The molecule has 4 heteroatoms. The SMILES string of the molecule is CCCCC/C=c1\[nH]c(=O)/c(=C/CCCCC)[nH]c1=O. The van der Waals surface area contributed by atoms with Gasteiger partial charge in [-0.3, -0.25) is 9.59 Å². The molecule has 0 aromatic carbocycles. The summed E-state index contributed by atoms with van der Waals surface area (Å²) in [5.41, 5.74) is -0.411. The van der Waals surface area contributed by atoms with Gasteiger partial charge in [-0.1, -0.05) is 51.7 Å². The largest absolute Gasteiger partial charge is 0.316 e. The van der Waals surface area contributed by atoms with E-state index in [0.29, 0.717) is 10.7 Å². The first-order valence-corrected chi connectivity index (χ1v) is 7.72. The fourth-order valence-corrected chi connectivity index (χ4v) is 2.06. The van der Waals surface area contributed by atoms with Crippen LogP contribution in [0.2, 0.25) is 0 Å². The van der Waals surface area contributed by atoms with Crippen molar-refractivity contribution in [3.63, 3.8) is 0 Å². The zero-order valence-corrected chi connectivity index (χ0v) is 12.6. The van der Waals surface area contributed by atoms with E-state index in [4.69, 9.17) is 0 Å². The minimum Gasteiger partial charge on any atom is -0.316 e. The summed E-state index contributed by atoms with van der Waals surface area (Å²) in [5.74, 6) is 0. The first-order valence-electron chi connectivity index (χ1n) is 7.72. The van der Waals surface area contributed by atoms with Crippen molar-refractivity contribution in [2.45, 2.75) is 65.2 Å². The summed E-state index contributed by atoms with van der Waals surface area (Å²) in [7, 11) is 0. The second-order valence-corrected chi connectivity index (χ2v) is 5.14. The summed E-state index contributed by atoms with van der Waals surface area (Å²) in [6.07, 6.45) is 11.9. The fourth-order valence-electron chi connectivity index (χ4n) is 2.06. The highest BCUT2D eigenvalue weighted by Crippen LogP contribution is 1.98. The monoisotopic (exact) mass is 278 g/mol. The second-order valence-electron chi connectivity index (χ2n) is 5.14. The minimum atomic E-state index is -0.206. The van der Waals surface area contributed by atoms with E-state index in [1.54, 1.807) is 0 Å². The van der Waals surface area contributed by atoms with E-state index in [1.807, 2.05) is 12.2 Å². The Morgan fingerprint density at radius 3 is 1.50 bits per heavy atom. The molecule has 0 aliphatic heterocycles. The Morgan fingerprint density at radius 1 is 0.750 bits per heavy atom. The Kier molecular flexibility index (Phi) is 7.70. The van der Waals surface area contributed by atoms with Gasteiger partial charge in [0.25, 0.3) is 11.1 Å². The van der Waals surface area contributed by atoms with Gasteiger partial charge in [0.1, 0.15) is 10.7 Å². The molecule has 1 aromatic rings. The highest BCUT2D eigenvalue weighted by Gasteiger charge is 1.95. The molecule has 112 valence electrons. The topological polar surface area (TPSA) is 65.7 Å². The normalized spacial score (nSPS) is 13.1. The van der Waals surface area contributed by atoms with Crippen LogP contribution in [0, 0.1) is 0 Å². The average Bonchev–Trinajstić information content (AvgIpc) is 2.44. The van der Waals surface area contributed by atoms with Gasteiger partial charge in [-0.2, -0.15) is 0 Å². The van der Waals surface area contributed by atoms with Crippen LogP contribution in [0.5, 0.6) is 0 Å². The van der Waals surface area contributed by atoms with Crippen molar-refractivity contribution in [1.29, 1.82) is 0 Å². The Hall–Kier alpha value is -1.58. The Balaban J connectivity index is 2.86. The smallest absolute Gasteiger partial charge is 0.271 e. The van der Waals surface area contributed by atoms with Crippen LogP contribution in [0.1, 0.15) is 65.2 Å². The van der Waals surface area contributed by atoms with E-state index in [-0.39, 0.29) is 11.1 Å². The van der Waals surface area contributed by atoms with Crippen molar-refractivity contribution in [2.75, 3.05) is 0 Å². The third-order valence-corrected chi connectivity index (χ3v) is 3.30. The molecule has 0 saturated heterocycles. The van der Waals surface area contributed by atoms with Gasteiger partial charge in [0.2, 0.25) is 0 Å². The average molecular weight is 278 g/mol. The van der Waals surface area contributed by atoms with Gasteiger partial charge in [-0.15, -0.1) is 0 Å². The van der Waals surface area contributed by atoms with E-state index >= 15 is 0 Å². The van der Waals surface area contributed by atoms with Crippen LogP contribution in [0.25, 0.3) is 12.2 Å². The molecule has 0 aliphatic rings. The van der Waals surface area contributed by atoms with Crippen LogP contribution in [0.3, 0.4) is 0 Å². The first-order chi connectivity index (χ1) is 9.69. The molecule has 0 amide bonds. The van der Waals surface area contributed by atoms with Gasteiger partial charge in [-0.25, -0.2) is 0 Å². The lowest BCUT2D eigenvalue weighted by Gasteiger charge is -1.94. The van der Waals surface area contributed by atoms with Gasteiger partial charge in [0.15, 0.2) is 0 Å². The van der Waals surface area contributed by atoms with Crippen LogP contribution in [0.4, 0.5) is 0 Å². The summed E-state index contributed by atoms with van der Waals surface area (Å²) in [4.78, 5) is 29.1. The van der Waals surface area contributed by atoms with Crippen LogP contribution in [-0.2, 0) is 0 Å². The lowest BCUT2D eigenvalue weighted by Crippen LogP contribution is -2.46. The Bertz CT molecular complexity index is 555. The lowest BCUT2D eigenvalue weighted by atomic mass is 10.2. The number of H-pyrrole nitrogens is 2. The third kappa shape index (κ3) is 5.59. The van der Waals surface area contributed by atoms with Crippen molar-refractivity contribution in [2.24, 2.45) is 0 Å². The van der Waals surface area contributed by atoms with E-state index < -0.39 is 0 Å². The molecular formula is C16H26N2O2. The number of hydrogen-bond acceptors (Lipinski definition) is 2. The van der Waals surface area contributed by atoms with E-state index in [1.165, 1.54) is 0 Å². The highest BCUT2D eigenvalue weighted by molar-refractivity contribution is 5.20. The molecule has 4 nitrogen and oxygen atoms in total. The van der Waals surface area contributed by atoms with Crippen LogP contribution < -0.4 is 21.8 Å². The van der Waals surface area contributed by atoms with Gasteiger partial charge in [-0.05, 0) is 25.7 Å². The van der Waals surface area contributed by atoms with Gasteiger partial charge < -0.3 is 9.97 Å². The molecule has 0 saturated carbocycles. The zero-order valence-electron chi connectivity index (χ0n) is 12.6. The predicted molar refractivity (Wildman–Crippen MR) is 84.1 cm³/mol. The molecule has 0 unspecified atom stereocenters. The van der Waals surface area contributed by atoms with Gasteiger partial charge in [0.05, 0.1) is 0 Å². The van der Waals surface area contributed by atoms with E-state index in [2.05, 4.69) is 23.8 Å². The molecule has 1 rings (SSSR count).